The Morgan fingerprint density at radius 2 is 1.76 bits per heavy atom. The predicted molar refractivity (Wildman–Crippen MR) is 183 cm³/mol. The van der Waals surface area contributed by atoms with Gasteiger partial charge in [0.05, 0.1) is 0 Å². The van der Waals surface area contributed by atoms with Crippen LogP contribution in [0.3, 0.4) is 0 Å². The van der Waals surface area contributed by atoms with Crippen molar-refractivity contribution in [3.05, 3.63) is 107 Å². The average Bonchev–Trinajstić information content (AvgIpc) is 3.55. The van der Waals surface area contributed by atoms with Gasteiger partial charge in [-0.2, -0.15) is 0 Å². The van der Waals surface area contributed by atoms with Gasteiger partial charge in [-0.25, -0.2) is 14.6 Å². The third-order valence-electron chi connectivity index (χ3n) is 7.06. The summed E-state index contributed by atoms with van der Waals surface area (Å²) >= 11 is 2.36. The monoisotopic (exact) mass is 703 g/mol. The molecule has 2 aliphatic heterocycles. The van der Waals surface area contributed by atoms with E-state index in [-0.39, 0.29) is 22.2 Å². The molecule has 2 atom stereocenters. The molecule has 3 amide bonds. The van der Waals surface area contributed by atoms with Crippen LogP contribution in [0.25, 0.3) is 0 Å². The number of rotatable bonds is 13. The van der Waals surface area contributed by atoms with Crippen LogP contribution in [-0.2, 0) is 38.3 Å². The highest BCUT2D eigenvalue weighted by atomic mass is 32.2. The Kier molecular flexibility index (Phi) is 10.9. The van der Waals surface area contributed by atoms with Gasteiger partial charge in [0.25, 0.3) is 11.8 Å². The van der Waals surface area contributed by atoms with Crippen LogP contribution in [0.1, 0.15) is 43.7 Å². The molecule has 5 rings (SSSR count). The van der Waals surface area contributed by atoms with E-state index in [1.165, 1.54) is 28.1 Å². The number of allylic oxidation sites excluding steroid dienone is 1. The Morgan fingerprint density at radius 1 is 1.10 bits per heavy atom. The minimum atomic E-state index is -1.05. The lowest BCUT2D eigenvalue weighted by molar-refractivity contribution is -0.160. The minimum absolute atomic E-state index is 0.0296. The van der Waals surface area contributed by atoms with Gasteiger partial charge < -0.3 is 24.9 Å². The molecule has 15 heteroatoms. The van der Waals surface area contributed by atoms with Gasteiger partial charge in [-0.1, -0.05) is 78.5 Å². The molecule has 0 saturated carbocycles. The van der Waals surface area contributed by atoms with Crippen molar-refractivity contribution in [2.45, 2.75) is 43.9 Å². The summed E-state index contributed by atoms with van der Waals surface area (Å²) in [6, 6.07) is 17.5. The number of oxime groups is 1. The summed E-state index contributed by atoms with van der Waals surface area (Å²) < 4.78 is 11.3. The molecular formula is C34H33N5O8S2. The summed E-state index contributed by atoms with van der Waals surface area (Å²) in [5.74, 6) is -2.49. The number of nitrogens with one attached hydrogen (secondary N) is 2. The highest BCUT2D eigenvalue weighted by molar-refractivity contribution is 8.00. The van der Waals surface area contributed by atoms with Crippen LogP contribution in [0, 0.1) is 0 Å². The molecule has 1 aromatic heterocycles. The maximum absolute atomic E-state index is 13.9. The van der Waals surface area contributed by atoms with Crippen molar-refractivity contribution in [2.24, 2.45) is 5.16 Å². The Labute approximate surface area is 290 Å². The highest BCUT2D eigenvalue weighted by Gasteiger charge is 2.54. The van der Waals surface area contributed by atoms with E-state index in [0.29, 0.717) is 17.7 Å². The minimum Gasteiger partial charge on any atom is -0.457 e. The van der Waals surface area contributed by atoms with E-state index >= 15 is 0 Å². The van der Waals surface area contributed by atoms with E-state index in [2.05, 4.69) is 27.4 Å². The zero-order valence-corrected chi connectivity index (χ0v) is 28.4. The fourth-order valence-electron chi connectivity index (χ4n) is 4.97. The molecule has 1 saturated heterocycles. The highest BCUT2D eigenvalue weighted by Crippen LogP contribution is 2.42. The molecule has 3 aromatic rings. The first kappa shape index (κ1) is 35.0. The van der Waals surface area contributed by atoms with Crippen LogP contribution >= 0.6 is 23.1 Å². The van der Waals surface area contributed by atoms with E-state index in [0.717, 1.165) is 22.5 Å². The van der Waals surface area contributed by atoms with E-state index in [1.807, 2.05) is 60.7 Å². The molecule has 3 heterocycles. The number of anilines is 1. The van der Waals surface area contributed by atoms with E-state index in [1.54, 1.807) is 20.8 Å². The maximum Gasteiger partial charge on any atom is 0.356 e. The Hall–Kier alpha value is -5.28. The van der Waals surface area contributed by atoms with Gasteiger partial charge in [0.2, 0.25) is 13.0 Å². The predicted octanol–water partition coefficient (Wildman–Crippen LogP) is 3.95. The first-order valence-electron chi connectivity index (χ1n) is 15.0. The number of thiazole rings is 1. The fourth-order valence-corrected chi connectivity index (χ4v) is 6.96. The summed E-state index contributed by atoms with van der Waals surface area (Å²) in [6.45, 7) is 8.31. The van der Waals surface area contributed by atoms with Gasteiger partial charge >= 0.3 is 11.9 Å². The smallest absolute Gasteiger partial charge is 0.356 e. The van der Waals surface area contributed by atoms with Crippen molar-refractivity contribution >= 4 is 64.1 Å². The fraction of sp³-hybridized carbons (Fsp3) is 0.265. The number of benzene rings is 2. The number of amides is 3. The molecule has 0 spiro atoms. The number of nitrogens with zero attached hydrogens (tertiary/aromatic N) is 3. The molecule has 2 N–H and O–H groups in total. The molecule has 2 aliphatic rings. The number of fused-ring (bicyclic) bond motifs is 1. The Bertz CT molecular complexity index is 1760. The summed E-state index contributed by atoms with van der Waals surface area (Å²) in [6.07, 6.45) is 1.19. The number of carbonyl (C=O) groups is 5. The number of ether oxygens (including phenoxy) is 2. The van der Waals surface area contributed by atoms with E-state index in [9.17, 15) is 24.0 Å². The lowest BCUT2D eigenvalue weighted by atomic mass is 10.0. The summed E-state index contributed by atoms with van der Waals surface area (Å²) in [5.41, 5.74) is 0.975. The zero-order valence-electron chi connectivity index (χ0n) is 26.8. The largest absolute Gasteiger partial charge is 0.457 e. The van der Waals surface area contributed by atoms with Crippen LogP contribution < -0.4 is 10.6 Å². The van der Waals surface area contributed by atoms with Crippen molar-refractivity contribution in [1.82, 2.24) is 15.2 Å². The quantitative estimate of drug-likeness (QED) is 0.0876. The maximum atomic E-state index is 13.9. The van der Waals surface area contributed by atoms with Gasteiger partial charge in [-0.05, 0) is 37.5 Å². The molecule has 0 aliphatic carbocycles. The second-order valence-corrected chi connectivity index (χ2v) is 13.6. The van der Waals surface area contributed by atoms with Crippen LogP contribution in [0.15, 0.2) is 95.1 Å². The third-order valence-corrected chi connectivity index (χ3v) is 9.13. The van der Waals surface area contributed by atoms with Crippen molar-refractivity contribution in [3.63, 3.8) is 0 Å². The second-order valence-electron chi connectivity index (χ2n) is 11.6. The molecule has 13 nitrogen and oxygen atoms in total. The lowest BCUT2D eigenvalue weighted by Gasteiger charge is -2.49. The van der Waals surface area contributed by atoms with Crippen LogP contribution in [0.2, 0.25) is 0 Å². The third kappa shape index (κ3) is 8.24. The number of carbonyl (C=O) groups excluding carboxylic acids is 5. The van der Waals surface area contributed by atoms with Crippen LogP contribution in [0.5, 0.6) is 0 Å². The van der Waals surface area contributed by atoms with Gasteiger partial charge in [0, 0.05) is 11.1 Å². The lowest BCUT2D eigenvalue weighted by Crippen LogP contribution is -2.71. The van der Waals surface area contributed by atoms with Crippen molar-refractivity contribution in [2.75, 3.05) is 17.7 Å². The number of thioether (sulfide) groups is 1. The van der Waals surface area contributed by atoms with Crippen molar-refractivity contribution in [3.8, 4) is 0 Å². The van der Waals surface area contributed by atoms with Gasteiger partial charge in [0.1, 0.15) is 28.4 Å². The average molecular weight is 704 g/mol. The van der Waals surface area contributed by atoms with Crippen molar-refractivity contribution < 1.29 is 38.3 Å². The van der Waals surface area contributed by atoms with Gasteiger partial charge in [0.15, 0.2) is 16.9 Å². The van der Waals surface area contributed by atoms with Crippen LogP contribution in [0.4, 0.5) is 5.13 Å². The Balaban J connectivity index is 1.35. The van der Waals surface area contributed by atoms with Crippen LogP contribution in [-0.4, -0.2) is 75.1 Å². The second kappa shape index (κ2) is 15.3. The molecule has 0 bridgehead atoms. The molecule has 0 radical (unpaired) electrons. The topological polar surface area (TPSA) is 166 Å². The SMILES string of the molecule is C=CC1=C(C(=O)OC(c2ccccc2)c2ccccc2)N2C(=O)C(NC(=O)/C(=N\OCC(=O)OC(C)(C)C)c3csc(NC=O)n3)[C@H]2SC1. The van der Waals surface area contributed by atoms with Crippen molar-refractivity contribution in [1.29, 1.82) is 0 Å². The van der Waals surface area contributed by atoms with Gasteiger partial charge in [-0.3, -0.25) is 19.3 Å². The first-order valence-corrected chi connectivity index (χ1v) is 16.9. The molecule has 1 unspecified atom stereocenters. The molecule has 254 valence electrons. The number of hydrogen-bond acceptors (Lipinski definition) is 12. The van der Waals surface area contributed by atoms with E-state index < -0.39 is 53.5 Å². The summed E-state index contributed by atoms with van der Waals surface area (Å²) in [4.78, 5) is 74.8. The Morgan fingerprint density at radius 3 is 2.35 bits per heavy atom. The normalized spacial score (nSPS) is 17.4. The molecule has 1 fully saturated rings. The molecular weight excluding hydrogens is 671 g/mol. The number of esters is 2. The standard InChI is InChI=1S/C34H33N5O8S2/c1-5-20-17-48-31-26(37-29(42)25(23-18-49-33(36-23)35-19-40)38-45-16-24(41)47-34(2,3)4)30(43)39(31)27(20)32(44)46-28(21-12-8-6-9-13-21)22-14-10-7-11-15-22/h5-15,18-19,26,28,31H,1,16-17H2,2-4H3,(H,37,42)(H,35,36,40)/b38-25-/t26?,31-/m1/s1. The number of hydrogen-bond donors (Lipinski definition) is 2. The molecule has 49 heavy (non-hydrogen) atoms. The van der Waals surface area contributed by atoms with E-state index in [4.69, 9.17) is 14.3 Å². The van der Waals surface area contributed by atoms with Gasteiger partial charge in [-0.15, -0.1) is 23.1 Å². The zero-order chi connectivity index (χ0) is 35.1. The molecule has 2 aromatic carbocycles. The summed E-state index contributed by atoms with van der Waals surface area (Å²) in [5, 5.41) is 9.88. The number of aromatic nitrogens is 1. The summed E-state index contributed by atoms with van der Waals surface area (Å²) in [7, 11) is 0. The first-order chi connectivity index (χ1) is 23.5. The number of β-lactam (4-membered cyclic amide) rings is 1.